The molecule has 0 spiro atoms. The predicted octanol–water partition coefficient (Wildman–Crippen LogP) is 1.60. The van der Waals surface area contributed by atoms with Gasteiger partial charge < -0.3 is 15.5 Å². The number of anilines is 1. The summed E-state index contributed by atoms with van der Waals surface area (Å²) in [5, 5.41) is 21.0. The molecule has 0 saturated carbocycles. The molecule has 1 aromatic rings. The van der Waals surface area contributed by atoms with Crippen molar-refractivity contribution < 1.29 is 15.0 Å². The number of aliphatic hydroxyl groups is 1. The topological polar surface area (TPSA) is 82.5 Å². The number of nitrogens with zero attached hydrogens (tertiary/aromatic N) is 1. The summed E-state index contributed by atoms with van der Waals surface area (Å²) in [5.41, 5.74) is 0.617. The van der Waals surface area contributed by atoms with Gasteiger partial charge in [-0.05, 0) is 17.9 Å². The average molecular weight is 238 g/mol. The summed E-state index contributed by atoms with van der Waals surface area (Å²) in [6.45, 7) is 4.72. The van der Waals surface area contributed by atoms with Gasteiger partial charge in [0.2, 0.25) is 0 Å². The number of rotatable bonds is 6. The first-order valence-electron chi connectivity index (χ1n) is 5.48. The molecular weight excluding hydrogens is 220 g/mol. The van der Waals surface area contributed by atoms with Crippen LogP contribution in [0.2, 0.25) is 0 Å². The van der Waals surface area contributed by atoms with Crippen LogP contribution in [0.5, 0.6) is 0 Å². The number of pyridine rings is 1. The Hall–Kier alpha value is -1.62. The summed E-state index contributed by atoms with van der Waals surface area (Å²) in [5.74, 6) is -0.977. The molecule has 94 valence electrons. The van der Waals surface area contributed by atoms with Gasteiger partial charge in [-0.1, -0.05) is 13.8 Å². The van der Waals surface area contributed by atoms with Gasteiger partial charge in [-0.25, -0.2) is 4.79 Å². The van der Waals surface area contributed by atoms with E-state index in [4.69, 9.17) is 10.2 Å². The first kappa shape index (κ1) is 13.4. The maximum absolute atomic E-state index is 11.0. The van der Waals surface area contributed by atoms with E-state index in [1.165, 1.54) is 18.5 Å². The van der Waals surface area contributed by atoms with Crippen LogP contribution >= 0.6 is 0 Å². The van der Waals surface area contributed by atoms with Gasteiger partial charge in [0.15, 0.2) is 0 Å². The molecule has 0 aromatic carbocycles. The Labute approximate surface area is 101 Å². The van der Waals surface area contributed by atoms with E-state index in [-0.39, 0.29) is 17.6 Å². The Bertz CT molecular complexity index is 391. The standard InChI is InChI=1S/C12H18N2O3/c1-12(2,4-6-15)8-14-10-7-13-5-3-9(10)11(16)17/h3,5,7,14-15H,4,6,8H2,1-2H3,(H,16,17). The number of carbonyl (C=O) groups is 1. The molecular formula is C12H18N2O3. The van der Waals surface area contributed by atoms with E-state index in [0.29, 0.717) is 18.7 Å². The zero-order valence-corrected chi connectivity index (χ0v) is 10.1. The predicted molar refractivity (Wildman–Crippen MR) is 65.2 cm³/mol. The summed E-state index contributed by atoms with van der Waals surface area (Å²) in [7, 11) is 0. The first-order valence-corrected chi connectivity index (χ1v) is 5.48. The summed E-state index contributed by atoms with van der Waals surface area (Å²) < 4.78 is 0. The van der Waals surface area contributed by atoms with Crippen LogP contribution in [0.25, 0.3) is 0 Å². The highest BCUT2D eigenvalue weighted by Crippen LogP contribution is 2.22. The molecule has 1 heterocycles. The smallest absolute Gasteiger partial charge is 0.337 e. The third-order valence-electron chi connectivity index (χ3n) is 2.60. The number of hydrogen-bond acceptors (Lipinski definition) is 4. The highest BCUT2D eigenvalue weighted by Gasteiger charge is 2.18. The van der Waals surface area contributed by atoms with Crippen molar-refractivity contribution in [2.45, 2.75) is 20.3 Å². The Morgan fingerprint density at radius 3 is 2.82 bits per heavy atom. The lowest BCUT2D eigenvalue weighted by atomic mass is 9.89. The van der Waals surface area contributed by atoms with Gasteiger partial charge in [0.1, 0.15) is 0 Å². The van der Waals surface area contributed by atoms with Gasteiger partial charge >= 0.3 is 5.97 Å². The number of aliphatic hydroxyl groups excluding tert-OH is 1. The zero-order chi connectivity index (χ0) is 12.9. The molecule has 17 heavy (non-hydrogen) atoms. The van der Waals surface area contributed by atoms with Gasteiger partial charge in [-0.15, -0.1) is 0 Å². The lowest BCUT2D eigenvalue weighted by Crippen LogP contribution is -2.25. The van der Waals surface area contributed by atoms with E-state index in [2.05, 4.69) is 10.3 Å². The first-order chi connectivity index (χ1) is 7.96. The maximum Gasteiger partial charge on any atom is 0.337 e. The second-order valence-corrected chi connectivity index (χ2v) is 4.72. The van der Waals surface area contributed by atoms with E-state index in [9.17, 15) is 4.79 Å². The third-order valence-corrected chi connectivity index (χ3v) is 2.60. The fraction of sp³-hybridized carbons (Fsp3) is 0.500. The molecule has 5 heteroatoms. The minimum Gasteiger partial charge on any atom is -0.478 e. The van der Waals surface area contributed by atoms with Gasteiger partial charge in [-0.2, -0.15) is 0 Å². The third kappa shape index (κ3) is 4.03. The molecule has 0 aliphatic rings. The maximum atomic E-state index is 11.0. The number of hydrogen-bond donors (Lipinski definition) is 3. The Kier molecular flexibility index (Phi) is 4.45. The molecule has 0 atom stereocenters. The molecule has 5 nitrogen and oxygen atoms in total. The second kappa shape index (κ2) is 5.63. The minimum atomic E-state index is -0.977. The Morgan fingerprint density at radius 1 is 1.53 bits per heavy atom. The van der Waals surface area contributed by atoms with Crippen molar-refractivity contribution in [2.75, 3.05) is 18.5 Å². The van der Waals surface area contributed by atoms with E-state index in [1.807, 2.05) is 13.8 Å². The van der Waals surface area contributed by atoms with E-state index in [0.717, 1.165) is 0 Å². The lowest BCUT2D eigenvalue weighted by Gasteiger charge is -2.24. The number of carboxylic acids is 1. The molecule has 3 N–H and O–H groups in total. The minimum absolute atomic E-state index is 0.0969. The molecule has 0 fully saturated rings. The lowest BCUT2D eigenvalue weighted by molar-refractivity contribution is 0.0697. The highest BCUT2D eigenvalue weighted by atomic mass is 16.4. The van der Waals surface area contributed by atoms with Gasteiger partial charge in [-0.3, -0.25) is 4.98 Å². The number of aromatic carboxylic acids is 1. The fourth-order valence-electron chi connectivity index (χ4n) is 1.45. The summed E-state index contributed by atoms with van der Waals surface area (Å²) in [6, 6.07) is 1.46. The van der Waals surface area contributed by atoms with Crippen LogP contribution in [-0.4, -0.2) is 34.3 Å². The quantitative estimate of drug-likeness (QED) is 0.701. The monoisotopic (exact) mass is 238 g/mol. The van der Waals surface area contributed by atoms with Crippen molar-refractivity contribution in [2.24, 2.45) is 5.41 Å². The van der Waals surface area contributed by atoms with E-state index in [1.54, 1.807) is 0 Å². The second-order valence-electron chi connectivity index (χ2n) is 4.72. The SMILES string of the molecule is CC(C)(CCO)CNc1cnccc1C(=O)O. The number of aromatic nitrogens is 1. The van der Waals surface area contributed by atoms with Crippen molar-refractivity contribution in [1.29, 1.82) is 0 Å². The summed E-state index contributed by atoms with van der Waals surface area (Å²) in [6.07, 6.45) is 3.61. The van der Waals surface area contributed by atoms with Crippen LogP contribution in [-0.2, 0) is 0 Å². The van der Waals surface area contributed by atoms with Crippen LogP contribution in [0.1, 0.15) is 30.6 Å². The zero-order valence-electron chi connectivity index (χ0n) is 10.1. The molecule has 0 radical (unpaired) electrons. The summed E-state index contributed by atoms with van der Waals surface area (Å²) >= 11 is 0. The molecule has 0 amide bonds. The van der Waals surface area contributed by atoms with Crippen LogP contribution < -0.4 is 5.32 Å². The molecule has 0 aliphatic heterocycles. The molecule has 0 aliphatic carbocycles. The van der Waals surface area contributed by atoms with Crippen LogP contribution in [0, 0.1) is 5.41 Å². The van der Waals surface area contributed by atoms with Crippen LogP contribution in [0.15, 0.2) is 18.5 Å². The van der Waals surface area contributed by atoms with E-state index >= 15 is 0 Å². The van der Waals surface area contributed by atoms with Crippen molar-refractivity contribution >= 4 is 11.7 Å². The molecule has 0 unspecified atom stereocenters. The van der Waals surface area contributed by atoms with Crippen molar-refractivity contribution in [3.63, 3.8) is 0 Å². The number of nitrogens with one attached hydrogen (secondary N) is 1. The van der Waals surface area contributed by atoms with Crippen molar-refractivity contribution in [3.05, 3.63) is 24.0 Å². The van der Waals surface area contributed by atoms with Gasteiger partial charge in [0, 0.05) is 19.3 Å². The molecule has 0 saturated heterocycles. The van der Waals surface area contributed by atoms with Crippen molar-refractivity contribution in [3.8, 4) is 0 Å². The largest absolute Gasteiger partial charge is 0.478 e. The Morgan fingerprint density at radius 2 is 2.24 bits per heavy atom. The van der Waals surface area contributed by atoms with Crippen LogP contribution in [0.4, 0.5) is 5.69 Å². The number of carboxylic acid groups (broad SMARTS) is 1. The average Bonchev–Trinajstić information content (AvgIpc) is 2.27. The Balaban J connectivity index is 2.72. The highest BCUT2D eigenvalue weighted by molar-refractivity contribution is 5.93. The van der Waals surface area contributed by atoms with Gasteiger partial charge in [0.05, 0.1) is 17.4 Å². The molecule has 0 bridgehead atoms. The fourth-order valence-corrected chi connectivity index (χ4v) is 1.45. The van der Waals surface area contributed by atoms with E-state index < -0.39 is 5.97 Å². The van der Waals surface area contributed by atoms with Gasteiger partial charge in [0.25, 0.3) is 0 Å². The van der Waals surface area contributed by atoms with Crippen molar-refractivity contribution in [1.82, 2.24) is 4.98 Å². The summed E-state index contributed by atoms with van der Waals surface area (Å²) in [4.78, 5) is 14.9. The molecule has 1 rings (SSSR count). The van der Waals surface area contributed by atoms with Crippen LogP contribution in [0.3, 0.4) is 0 Å². The molecule has 1 aromatic heterocycles. The normalized spacial score (nSPS) is 11.2.